The average molecular weight is 436 g/mol. The van der Waals surface area contributed by atoms with Crippen LogP contribution in [0.2, 0.25) is 0 Å². The summed E-state index contributed by atoms with van der Waals surface area (Å²) in [4.78, 5) is 16.2. The second-order valence-corrected chi connectivity index (χ2v) is 6.64. The average Bonchev–Trinajstić information content (AvgIpc) is 3.04. The fraction of sp³-hybridized carbons (Fsp3) is 0.0625. The van der Waals surface area contributed by atoms with E-state index in [9.17, 15) is 4.79 Å². The molecule has 0 radical (unpaired) electrons. The molecule has 3 rings (SSSR count). The molecular formula is C16H12Br2N4O. The molecule has 0 spiro atoms. The topological polar surface area (TPSA) is 59.8 Å². The first-order chi connectivity index (χ1) is 11.1. The smallest absolute Gasteiger partial charge is 0.255 e. The Kier molecular flexibility index (Phi) is 4.88. The van der Waals surface area contributed by atoms with Crippen molar-refractivity contribution in [1.82, 2.24) is 14.8 Å². The molecule has 3 aromatic rings. The first kappa shape index (κ1) is 15.9. The second kappa shape index (κ2) is 7.06. The zero-order valence-corrected chi connectivity index (χ0v) is 15.1. The van der Waals surface area contributed by atoms with Gasteiger partial charge in [0, 0.05) is 14.5 Å². The summed E-state index contributed by atoms with van der Waals surface area (Å²) in [6.07, 6.45) is 3.16. The van der Waals surface area contributed by atoms with Crippen LogP contribution in [0.5, 0.6) is 0 Å². The third-order valence-electron chi connectivity index (χ3n) is 3.20. The minimum atomic E-state index is -0.156. The van der Waals surface area contributed by atoms with Crippen LogP contribution in [0.1, 0.15) is 15.9 Å². The van der Waals surface area contributed by atoms with Gasteiger partial charge in [0.15, 0.2) is 0 Å². The number of benzene rings is 2. The summed E-state index contributed by atoms with van der Waals surface area (Å²) < 4.78 is 3.46. The van der Waals surface area contributed by atoms with E-state index in [0.29, 0.717) is 12.1 Å². The Bertz CT molecular complexity index is 817. The van der Waals surface area contributed by atoms with Crippen LogP contribution < -0.4 is 5.32 Å². The Morgan fingerprint density at radius 3 is 2.61 bits per heavy atom. The van der Waals surface area contributed by atoms with Gasteiger partial charge in [0.05, 0.1) is 12.2 Å². The van der Waals surface area contributed by atoms with Crippen molar-refractivity contribution in [2.45, 2.75) is 6.54 Å². The minimum absolute atomic E-state index is 0.156. The lowest BCUT2D eigenvalue weighted by Crippen LogP contribution is -2.12. The van der Waals surface area contributed by atoms with Crippen LogP contribution >= 0.6 is 31.9 Å². The molecule has 1 amide bonds. The van der Waals surface area contributed by atoms with Gasteiger partial charge >= 0.3 is 0 Å². The molecule has 0 unspecified atom stereocenters. The summed E-state index contributed by atoms with van der Waals surface area (Å²) in [5, 5.41) is 6.95. The molecule has 0 bridgehead atoms. The molecule has 0 aliphatic rings. The summed E-state index contributed by atoms with van der Waals surface area (Å²) >= 11 is 6.82. The van der Waals surface area contributed by atoms with Crippen LogP contribution in [-0.4, -0.2) is 20.7 Å². The normalized spacial score (nSPS) is 10.5. The molecule has 0 aliphatic carbocycles. The maximum absolute atomic E-state index is 12.3. The molecular weight excluding hydrogens is 424 g/mol. The third kappa shape index (κ3) is 4.05. The first-order valence-corrected chi connectivity index (χ1v) is 8.38. The molecule has 23 heavy (non-hydrogen) atoms. The standard InChI is InChI=1S/C16H12Br2N4O/c17-13-5-6-14(18)15(7-13)21-16(23)12-3-1-11(2-4-12)8-22-10-19-9-20-22/h1-7,9-10H,8H2,(H,21,23). The van der Waals surface area contributed by atoms with E-state index in [1.807, 2.05) is 30.3 Å². The van der Waals surface area contributed by atoms with Gasteiger partial charge in [-0.1, -0.05) is 28.1 Å². The number of carbonyl (C=O) groups excluding carboxylic acids is 1. The Morgan fingerprint density at radius 1 is 1.13 bits per heavy atom. The lowest BCUT2D eigenvalue weighted by atomic mass is 10.1. The van der Waals surface area contributed by atoms with Gasteiger partial charge in [-0.25, -0.2) is 9.67 Å². The number of nitrogens with one attached hydrogen (secondary N) is 1. The number of rotatable bonds is 4. The molecule has 2 aromatic carbocycles. The van der Waals surface area contributed by atoms with Gasteiger partial charge in [-0.3, -0.25) is 4.79 Å². The van der Waals surface area contributed by atoms with Crippen LogP contribution in [0.3, 0.4) is 0 Å². The summed E-state index contributed by atoms with van der Waals surface area (Å²) in [6, 6.07) is 13.0. The van der Waals surface area contributed by atoms with Gasteiger partial charge in [0.2, 0.25) is 0 Å². The Balaban J connectivity index is 1.71. The number of amides is 1. The number of halogens is 2. The SMILES string of the molecule is O=C(Nc1cc(Br)ccc1Br)c1ccc(Cn2cncn2)cc1. The van der Waals surface area contributed by atoms with Crippen LogP contribution in [0.15, 0.2) is 64.1 Å². The maximum Gasteiger partial charge on any atom is 0.255 e. The van der Waals surface area contributed by atoms with Gasteiger partial charge in [-0.2, -0.15) is 5.10 Å². The quantitative estimate of drug-likeness (QED) is 0.670. The molecule has 116 valence electrons. The highest BCUT2D eigenvalue weighted by atomic mass is 79.9. The molecule has 7 heteroatoms. The molecule has 0 saturated carbocycles. The van der Waals surface area contributed by atoms with Crippen molar-refractivity contribution >= 4 is 43.5 Å². The van der Waals surface area contributed by atoms with Crippen molar-refractivity contribution in [3.05, 3.63) is 75.2 Å². The third-order valence-corrected chi connectivity index (χ3v) is 4.39. The van der Waals surface area contributed by atoms with Gasteiger partial charge in [-0.05, 0) is 51.8 Å². The van der Waals surface area contributed by atoms with Crippen LogP contribution in [0.4, 0.5) is 5.69 Å². The van der Waals surface area contributed by atoms with Crippen LogP contribution in [0.25, 0.3) is 0 Å². The molecule has 5 nitrogen and oxygen atoms in total. The van der Waals surface area contributed by atoms with Crippen LogP contribution in [-0.2, 0) is 6.54 Å². The molecule has 0 atom stereocenters. The Labute approximate surface area is 150 Å². The molecule has 1 heterocycles. The van der Waals surface area contributed by atoms with Crippen LogP contribution in [0, 0.1) is 0 Å². The molecule has 0 saturated heterocycles. The molecule has 1 aromatic heterocycles. The fourth-order valence-corrected chi connectivity index (χ4v) is 2.76. The molecule has 0 fully saturated rings. The Morgan fingerprint density at radius 2 is 1.91 bits per heavy atom. The summed E-state index contributed by atoms with van der Waals surface area (Å²) in [7, 11) is 0. The number of nitrogens with zero attached hydrogens (tertiary/aromatic N) is 3. The van der Waals surface area contributed by atoms with E-state index >= 15 is 0 Å². The van der Waals surface area contributed by atoms with Gasteiger partial charge in [0.25, 0.3) is 5.91 Å². The molecule has 1 N–H and O–H groups in total. The van der Waals surface area contributed by atoms with Gasteiger partial charge < -0.3 is 5.32 Å². The predicted octanol–water partition coefficient (Wildman–Crippen LogP) is 4.10. The summed E-state index contributed by atoms with van der Waals surface area (Å²) in [5.74, 6) is -0.156. The van der Waals surface area contributed by atoms with E-state index in [-0.39, 0.29) is 5.91 Å². The highest BCUT2D eigenvalue weighted by Crippen LogP contribution is 2.26. The first-order valence-electron chi connectivity index (χ1n) is 6.79. The highest BCUT2D eigenvalue weighted by molar-refractivity contribution is 9.11. The van der Waals surface area contributed by atoms with E-state index in [2.05, 4.69) is 47.3 Å². The lowest BCUT2D eigenvalue weighted by Gasteiger charge is -2.09. The minimum Gasteiger partial charge on any atom is -0.321 e. The number of aromatic nitrogens is 3. The van der Waals surface area contributed by atoms with Crippen molar-refractivity contribution in [2.24, 2.45) is 0 Å². The largest absolute Gasteiger partial charge is 0.321 e. The van der Waals surface area contributed by atoms with Crippen molar-refractivity contribution in [3.63, 3.8) is 0 Å². The zero-order valence-electron chi connectivity index (χ0n) is 11.9. The van der Waals surface area contributed by atoms with E-state index in [4.69, 9.17) is 0 Å². The van der Waals surface area contributed by atoms with E-state index in [1.165, 1.54) is 6.33 Å². The number of hydrogen-bond acceptors (Lipinski definition) is 3. The van der Waals surface area contributed by atoms with Gasteiger partial charge in [-0.15, -0.1) is 0 Å². The maximum atomic E-state index is 12.3. The molecule has 0 aliphatic heterocycles. The summed E-state index contributed by atoms with van der Waals surface area (Å²) in [6.45, 7) is 0.624. The number of carbonyl (C=O) groups is 1. The fourth-order valence-electron chi connectivity index (χ4n) is 2.05. The monoisotopic (exact) mass is 434 g/mol. The van der Waals surface area contributed by atoms with E-state index in [1.54, 1.807) is 23.1 Å². The van der Waals surface area contributed by atoms with E-state index < -0.39 is 0 Å². The number of hydrogen-bond donors (Lipinski definition) is 1. The predicted molar refractivity (Wildman–Crippen MR) is 95.4 cm³/mol. The van der Waals surface area contributed by atoms with Crippen molar-refractivity contribution in [1.29, 1.82) is 0 Å². The van der Waals surface area contributed by atoms with Gasteiger partial charge in [0.1, 0.15) is 12.7 Å². The van der Waals surface area contributed by atoms with Crippen molar-refractivity contribution in [3.8, 4) is 0 Å². The summed E-state index contributed by atoms with van der Waals surface area (Å²) in [5.41, 5.74) is 2.37. The Hall–Kier alpha value is -1.99. The zero-order chi connectivity index (χ0) is 16.2. The highest BCUT2D eigenvalue weighted by Gasteiger charge is 2.09. The second-order valence-electron chi connectivity index (χ2n) is 4.87. The van der Waals surface area contributed by atoms with Crippen molar-refractivity contribution < 1.29 is 4.79 Å². The number of anilines is 1. The van der Waals surface area contributed by atoms with Crippen molar-refractivity contribution in [2.75, 3.05) is 5.32 Å². The van der Waals surface area contributed by atoms with E-state index in [0.717, 1.165) is 20.2 Å². The lowest BCUT2D eigenvalue weighted by molar-refractivity contribution is 0.102.